The molecule has 0 radical (unpaired) electrons. The van der Waals surface area contributed by atoms with E-state index in [0.29, 0.717) is 0 Å². The molecule has 1 atom stereocenters. The van der Waals surface area contributed by atoms with E-state index in [1.807, 2.05) is 0 Å². The maximum atomic E-state index is 12.3. The number of hydrogen-bond donors (Lipinski definition) is 0. The molecule has 0 aliphatic rings. The zero-order chi connectivity index (χ0) is 16.9. The fourth-order valence-corrected chi connectivity index (χ4v) is 2.83. The molecule has 0 saturated heterocycles. The molecule has 0 aromatic heterocycles. The van der Waals surface area contributed by atoms with Gasteiger partial charge in [0.25, 0.3) is 0 Å². The quantitative estimate of drug-likeness (QED) is 0.617. The van der Waals surface area contributed by atoms with Crippen LogP contribution < -0.4 is 4.18 Å². The second kappa shape index (κ2) is 6.94. The molecule has 6 nitrogen and oxygen atoms in total. The van der Waals surface area contributed by atoms with Crippen LogP contribution in [0, 0.1) is 11.3 Å². The van der Waals surface area contributed by atoms with E-state index in [4.69, 9.17) is 14.2 Å². The first kappa shape index (κ1) is 16.5. The van der Waals surface area contributed by atoms with Crippen LogP contribution in [0.4, 0.5) is 0 Å². The molecule has 2 rings (SSSR count). The summed E-state index contributed by atoms with van der Waals surface area (Å²) in [7, 11) is -4.06. The summed E-state index contributed by atoms with van der Waals surface area (Å²) in [5, 5.41) is 9.14. The van der Waals surface area contributed by atoms with E-state index in [9.17, 15) is 13.2 Å². The van der Waals surface area contributed by atoms with Crippen molar-refractivity contribution in [3.63, 3.8) is 0 Å². The van der Waals surface area contributed by atoms with Crippen LogP contribution in [0.15, 0.2) is 59.5 Å². The third-order valence-corrected chi connectivity index (χ3v) is 4.08. The maximum absolute atomic E-state index is 12.3. The van der Waals surface area contributed by atoms with Gasteiger partial charge < -0.3 is 8.92 Å². The van der Waals surface area contributed by atoms with Crippen LogP contribution in [0.25, 0.3) is 0 Å². The number of benzene rings is 2. The first-order valence-electron chi connectivity index (χ1n) is 6.59. The lowest BCUT2D eigenvalue weighted by molar-refractivity contribution is -0.144. The van der Waals surface area contributed by atoms with Gasteiger partial charge >= 0.3 is 16.1 Å². The maximum Gasteiger partial charge on any atom is 0.339 e. The minimum Gasteiger partial charge on any atom is -0.442 e. The standard InChI is InChI=1S/C16H13NO5S/c1-12(18)21-16(11-17)14-9-5-6-10-15(14)22-23(19,20)13-7-3-2-4-8-13/h2-10,16H,1H3. The Bertz CT molecular complexity index is 840. The molecule has 7 heteroatoms. The Morgan fingerprint density at radius 2 is 1.70 bits per heavy atom. The molecule has 0 bridgehead atoms. The van der Waals surface area contributed by atoms with Crippen molar-refractivity contribution in [2.24, 2.45) is 0 Å². The van der Waals surface area contributed by atoms with Gasteiger partial charge in [0.05, 0.1) is 5.56 Å². The van der Waals surface area contributed by atoms with Gasteiger partial charge in [-0.2, -0.15) is 13.7 Å². The van der Waals surface area contributed by atoms with Crippen LogP contribution in [-0.4, -0.2) is 14.4 Å². The molecule has 0 aliphatic carbocycles. The van der Waals surface area contributed by atoms with Crippen LogP contribution in [0.2, 0.25) is 0 Å². The average molecular weight is 331 g/mol. The molecule has 0 heterocycles. The molecule has 1 unspecified atom stereocenters. The van der Waals surface area contributed by atoms with Gasteiger partial charge in [-0.1, -0.05) is 36.4 Å². The van der Waals surface area contributed by atoms with E-state index >= 15 is 0 Å². The highest BCUT2D eigenvalue weighted by atomic mass is 32.2. The predicted octanol–water partition coefficient (Wildman–Crippen LogP) is 2.58. The average Bonchev–Trinajstić information content (AvgIpc) is 2.53. The van der Waals surface area contributed by atoms with E-state index < -0.39 is 22.2 Å². The minimum absolute atomic E-state index is 0.0178. The SMILES string of the molecule is CC(=O)OC(C#N)c1ccccc1OS(=O)(=O)c1ccccc1. The molecule has 0 fully saturated rings. The Morgan fingerprint density at radius 1 is 1.09 bits per heavy atom. The van der Waals surface area contributed by atoms with E-state index in [1.54, 1.807) is 36.4 Å². The summed E-state index contributed by atoms with van der Waals surface area (Å²) < 4.78 is 34.5. The van der Waals surface area contributed by atoms with Crippen LogP contribution >= 0.6 is 0 Å². The van der Waals surface area contributed by atoms with Crippen molar-refractivity contribution in [3.8, 4) is 11.8 Å². The van der Waals surface area contributed by atoms with Gasteiger partial charge in [-0.3, -0.25) is 4.79 Å². The molecule has 23 heavy (non-hydrogen) atoms. The summed E-state index contributed by atoms with van der Waals surface area (Å²) in [6.07, 6.45) is -1.25. The van der Waals surface area contributed by atoms with E-state index in [-0.39, 0.29) is 16.2 Å². The van der Waals surface area contributed by atoms with Gasteiger partial charge in [-0.15, -0.1) is 0 Å². The number of nitriles is 1. The third kappa shape index (κ3) is 4.08. The number of esters is 1. The van der Waals surface area contributed by atoms with Crippen molar-refractivity contribution in [3.05, 3.63) is 60.2 Å². The lowest BCUT2D eigenvalue weighted by Gasteiger charge is -2.14. The van der Waals surface area contributed by atoms with Crippen LogP contribution in [0.5, 0.6) is 5.75 Å². The molecular weight excluding hydrogens is 318 g/mol. The molecule has 0 N–H and O–H groups in total. The van der Waals surface area contributed by atoms with Gasteiger partial charge in [-0.05, 0) is 18.2 Å². The van der Waals surface area contributed by atoms with Gasteiger partial charge in [0.1, 0.15) is 11.0 Å². The topological polar surface area (TPSA) is 93.5 Å². The van der Waals surface area contributed by atoms with Crippen molar-refractivity contribution in [2.75, 3.05) is 0 Å². The van der Waals surface area contributed by atoms with E-state index in [1.165, 1.54) is 24.3 Å². The highest BCUT2D eigenvalue weighted by Gasteiger charge is 2.23. The van der Waals surface area contributed by atoms with Crippen LogP contribution in [0.1, 0.15) is 18.6 Å². The second-order valence-corrected chi connectivity index (χ2v) is 6.05. The molecular formula is C16H13NO5S. The predicted molar refractivity (Wildman–Crippen MR) is 80.8 cm³/mol. The minimum atomic E-state index is -4.06. The summed E-state index contributed by atoms with van der Waals surface area (Å²) in [6, 6.07) is 15.4. The lowest BCUT2D eigenvalue weighted by Crippen LogP contribution is -2.13. The van der Waals surface area contributed by atoms with E-state index in [0.717, 1.165) is 6.92 Å². The number of para-hydroxylation sites is 1. The van der Waals surface area contributed by atoms with Crippen molar-refractivity contribution in [1.29, 1.82) is 5.26 Å². The Labute approximate surface area is 134 Å². The summed E-state index contributed by atoms with van der Waals surface area (Å²) in [6.45, 7) is 1.16. The van der Waals surface area contributed by atoms with Crippen LogP contribution in [0.3, 0.4) is 0 Å². The Hall–Kier alpha value is -2.85. The van der Waals surface area contributed by atoms with Crippen molar-refractivity contribution in [2.45, 2.75) is 17.9 Å². The highest BCUT2D eigenvalue weighted by molar-refractivity contribution is 7.87. The van der Waals surface area contributed by atoms with Gasteiger partial charge in [0, 0.05) is 6.92 Å². The van der Waals surface area contributed by atoms with Crippen molar-refractivity contribution >= 4 is 16.1 Å². The van der Waals surface area contributed by atoms with Gasteiger partial charge in [0.15, 0.2) is 5.75 Å². The highest BCUT2D eigenvalue weighted by Crippen LogP contribution is 2.29. The van der Waals surface area contributed by atoms with Gasteiger partial charge in [-0.25, -0.2) is 0 Å². The zero-order valence-corrected chi connectivity index (χ0v) is 13.0. The molecule has 118 valence electrons. The smallest absolute Gasteiger partial charge is 0.339 e. The Kier molecular flexibility index (Phi) is 4.98. The fourth-order valence-electron chi connectivity index (χ4n) is 1.85. The second-order valence-electron chi connectivity index (χ2n) is 4.51. The first-order valence-corrected chi connectivity index (χ1v) is 8.00. The van der Waals surface area contributed by atoms with Gasteiger partial charge in [0.2, 0.25) is 6.10 Å². The van der Waals surface area contributed by atoms with Crippen LogP contribution in [-0.2, 0) is 19.6 Å². The number of carbonyl (C=O) groups is 1. The monoisotopic (exact) mass is 331 g/mol. The summed E-state index contributed by atoms with van der Waals surface area (Å²) in [5.74, 6) is -0.721. The number of carbonyl (C=O) groups excluding carboxylic acids is 1. The normalized spacial score (nSPS) is 12.0. The molecule has 2 aromatic rings. The number of hydrogen-bond acceptors (Lipinski definition) is 6. The number of ether oxygens (including phenoxy) is 1. The summed E-state index contributed by atoms with van der Waals surface area (Å²) in [4.78, 5) is 11.1. The summed E-state index contributed by atoms with van der Waals surface area (Å²) in [5.41, 5.74) is 0.157. The fraction of sp³-hybridized carbons (Fsp3) is 0.125. The third-order valence-electron chi connectivity index (χ3n) is 2.83. The largest absolute Gasteiger partial charge is 0.442 e. The number of nitrogens with zero attached hydrogens (tertiary/aromatic N) is 1. The molecule has 0 amide bonds. The summed E-state index contributed by atoms with van der Waals surface area (Å²) >= 11 is 0. The number of rotatable bonds is 5. The zero-order valence-electron chi connectivity index (χ0n) is 12.2. The Morgan fingerprint density at radius 3 is 2.30 bits per heavy atom. The molecule has 0 aliphatic heterocycles. The van der Waals surface area contributed by atoms with Crippen molar-refractivity contribution in [1.82, 2.24) is 0 Å². The molecule has 0 saturated carbocycles. The Balaban J connectivity index is 2.38. The molecule has 0 spiro atoms. The van der Waals surface area contributed by atoms with E-state index in [2.05, 4.69) is 0 Å². The van der Waals surface area contributed by atoms with Crippen molar-refractivity contribution < 1.29 is 22.1 Å². The lowest BCUT2D eigenvalue weighted by atomic mass is 10.1. The first-order chi connectivity index (χ1) is 10.9. The molecule has 2 aromatic carbocycles.